The summed E-state index contributed by atoms with van der Waals surface area (Å²) in [5.74, 6) is 6.84. The predicted molar refractivity (Wildman–Crippen MR) is 68.6 cm³/mol. The SMILES string of the molecule is CCOC(C)(C)c1nc(C)c(CC)c(NN)n1. The number of rotatable bonds is 5. The fourth-order valence-electron chi connectivity index (χ4n) is 1.83. The molecule has 0 aliphatic carbocycles. The topological polar surface area (TPSA) is 73.1 Å². The largest absolute Gasteiger partial charge is 0.368 e. The summed E-state index contributed by atoms with van der Waals surface area (Å²) in [5, 5.41) is 0. The summed E-state index contributed by atoms with van der Waals surface area (Å²) in [7, 11) is 0. The Balaban J connectivity index is 3.24. The first kappa shape index (κ1) is 13.9. The maximum atomic E-state index is 5.65. The van der Waals surface area contributed by atoms with Gasteiger partial charge in [0.1, 0.15) is 11.4 Å². The van der Waals surface area contributed by atoms with Crippen molar-refractivity contribution in [2.75, 3.05) is 12.0 Å². The molecule has 0 saturated carbocycles. The molecule has 1 aromatic heterocycles. The highest BCUT2D eigenvalue weighted by Crippen LogP contribution is 2.25. The van der Waals surface area contributed by atoms with Crippen LogP contribution in [0.1, 0.15) is 44.8 Å². The summed E-state index contributed by atoms with van der Waals surface area (Å²) in [6, 6.07) is 0. The quantitative estimate of drug-likeness (QED) is 0.605. The molecule has 0 fully saturated rings. The van der Waals surface area contributed by atoms with Crippen LogP contribution >= 0.6 is 0 Å². The molecule has 0 unspecified atom stereocenters. The van der Waals surface area contributed by atoms with Crippen molar-refractivity contribution in [2.24, 2.45) is 5.84 Å². The molecule has 5 heteroatoms. The second-order valence-electron chi connectivity index (χ2n) is 4.40. The molecule has 96 valence electrons. The van der Waals surface area contributed by atoms with Gasteiger partial charge in [0.05, 0.1) is 0 Å². The molecule has 0 radical (unpaired) electrons. The normalized spacial score (nSPS) is 11.6. The zero-order valence-corrected chi connectivity index (χ0v) is 11.3. The zero-order valence-electron chi connectivity index (χ0n) is 11.3. The van der Waals surface area contributed by atoms with E-state index in [-0.39, 0.29) is 0 Å². The average Bonchev–Trinajstić information content (AvgIpc) is 2.27. The van der Waals surface area contributed by atoms with Crippen LogP contribution in [0.5, 0.6) is 0 Å². The van der Waals surface area contributed by atoms with Gasteiger partial charge in [-0.3, -0.25) is 0 Å². The first-order valence-electron chi connectivity index (χ1n) is 5.94. The third kappa shape index (κ3) is 2.92. The number of nitrogen functional groups attached to an aromatic ring is 1. The van der Waals surface area contributed by atoms with Gasteiger partial charge in [0.25, 0.3) is 0 Å². The number of nitrogens with zero attached hydrogens (tertiary/aromatic N) is 2. The van der Waals surface area contributed by atoms with Crippen molar-refractivity contribution >= 4 is 5.82 Å². The van der Waals surface area contributed by atoms with Crippen LogP contribution in [0.4, 0.5) is 5.82 Å². The molecule has 5 nitrogen and oxygen atoms in total. The van der Waals surface area contributed by atoms with Gasteiger partial charge in [-0.15, -0.1) is 0 Å². The fraction of sp³-hybridized carbons (Fsp3) is 0.667. The van der Waals surface area contributed by atoms with E-state index in [1.807, 2.05) is 27.7 Å². The zero-order chi connectivity index (χ0) is 13.1. The second-order valence-corrected chi connectivity index (χ2v) is 4.40. The highest BCUT2D eigenvalue weighted by Gasteiger charge is 2.26. The van der Waals surface area contributed by atoms with E-state index in [9.17, 15) is 0 Å². The lowest BCUT2D eigenvalue weighted by Crippen LogP contribution is -2.27. The van der Waals surface area contributed by atoms with Crippen LogP contribution in [0, 0.1) is 6.92 Å². The molecular formula is C12H22N4O. The van der Waals surface area contributed by atoms with Crippen molar-refractivity contribution in [3.8, 4) is 0 Å². The van der Waals surface area contributed by atoms with Crippen molar-refractivity contribution in [1.29, 1.82) is 0 Å². The lowest BCUT2D eigenvalue weighted by Gasteiger charge is -2.24. The molecule has 0 amide bonds. The van der Waals surface area contributed by atoms with Gasteiger partial charge in [-0.1, -0.05) is 6.92 Å². The second kappa shape index (κ2) is 5.42. The number of hydrazine groups is 1. The minimum Gasteiger partial charge on any atom is -0.368 e. The van der Waals surface area contributed by atoms with Crippen LogP contribution in [0.25, 0.3) is 0 Å². The van der Waals surface area contributed by atoms with E-state index in [0.717, 1.165) is 17.7 Å². The lowest BCUT2D eigenvalue weighted by atomic mass is 10.1. The van der Waals surface area contributed by atoms with Crippen molar-refractivity contribution in [2.45, 2.75) is 46.6 Å². The van der Waals surface area contributed by atoms with Gasteiger partial charge >= 0.3 is 0 Å². The Morgan fingerprint density at radius 1 is 1.29 bits per heavy atom. The van der Waals surface area contributed by atoms with Crippen molar-refractivity contribution < 1.29 is 4.74 Å². The first-order chi connectivity index (χ1) is 7.96. The van der Waals surface area contributed by atoms with E-state index in [4.69, 9.17) is 10.6 Å². The molecule has 0 aromatic carbocycles. The summed E-state index contributed by atoms with van der Waals surface area (Å²) in [6.07, 6.45) is 0.848. The number of hydrogen-bond donors (Lipinski definition) is 2. The van der Waals surface area contributed by atoms with Gasteiger partial charge in [-0.2, -0.15) is 0 Å². The van der Waals surface area contributed by atoms with Crippen molar-refractivity contribution in [3.63, 3.8) is 0 Å². The minimum absolute atomic E-state index is 0.503. The van der Waals surface area contributed by atoms with Crippen LogP contribution < -0.4 is 11.3 Å². The predicted octanol–water partition coefficient (Wildman–Crippen LogP) is 1.90. The Bertz CT molecular complexity index is 390. The Hall–Kier alpha value is -1.20. The minimum atomic E-state index is -0.503. The Labute approximate surface area is 103 Å². The van der Waals surface area contributed by atoms with Gasteiger partial charge in [0, 0.05) is 17.9 Å². The summed E-state index contributed by atoms with van der Waals surface area (Å²) in [4.78, 5) is 8.95. The van der Waals surface area contributed by atoms with Crippen molar-refractivity contribution in [3.05, 3.63) is 17.1 Å². The third-order valence-electron chi connectivity index (χ3n) is 2.75. The third-order valence-corrected chi connectivity index (χ3v) is 2.75. The van der Waals surface area contributed by atoms with Crippen molar-refractivity contribution in [1.82, 2.24) is 9.97 Å². The smallest absolute Gasteiger partial charge is 0.162 e. The molecule has 0 saturated heterocycles. The molecule has 0 aliphatic rings. The fourth-order valence-corrected chi connectivity index (χ4v) is 1.83. The van der Waals surface area contributed by atoms with E-state index in [1.54, 1.807) is 0 Å². The summed E-state index contributed by atoms with van der Waals surface area (Å²) < 4.78 is 5.65. The van der Waals surface area contributed by atoms with E-state index >= 15 is 0 Å². The number of anilines is 1. The molecule has 0 aliphatic heterocycles. The molecule has 17 heavy (non-hydrogen) atoms. The molecule has 0 bridgehead atoms. The van der Waals surface area contributed by atoms with Gasteiger partial charge < -0.3 is 10.2 Å². The Morgan fingerprint density at radius 3 is 2.41 bits per heavy atom. The molecular weight excluding hydrogens is 216 g/mol. The van der Waals surface area contributed by atoms with Crippen LogP contribution in [0.15, 0.2) is 0 Å². The molecule has 3 N–H and O–H groups in total. The summed E-state index contributed by atoms with van der Waals surface area (Å²) in [5.41, 5.74) is 4.12. The number of ether oxygens (including phenoxy) is 1. The molecule has 1 aromatic rings. The van der Waals surface area contributed by atoms with Gasteiger partial charge in [0.15, 0.2) is 5.82 Å². The number of aromatic nitrogens is 2. The highest BCUT2D eigenvalue weighted by molar-refractivity contribution is 5.45. The number of nitrogens with one attached hydrogen (secondary N) is 1. The summed E-state index contributed by atoms with van der Waals surface area (Å²) in [6.45, 7) is 10.5. The molecule has 1 heterocycles. The van der Waals surface area contributed by atoms with Gasteiger partial charge in [-0.05, 0) is 34.1 Å². The lowest BCUT2D eigenvalue weighted by molar-refractivity contribution is -0.0208. The van der Waals surface area contributed by atoms with Gasteiger partial charge in [-0.25, -0.2) is 15.8 Å². The van der Waals surface area contributed by atoms with E-state index in [0.29, 0.717) is 18.2 Å². The Kier molecular flexibility index (Phi) is 4.42. The maximum absolute atomic E-state index is 5.65. The molecule has 1 rings (SSSR count). The number of aryl methyl sites for hydroxylation is 1. The number of hydrogen-bond acceptors (Lipinski definition) is 5. The molecule has 0 spiro atoms. The highest BCUT2D eigenvalue weighted by atomic mass is 16.5. The van der Waals surface area contributed by atoms with Crippen LogP contribution in [-0.2, 0) is 16.8 Å². The van der Waals surface area contributed by atoms with Crippen LogP contribution in [0.3, 0.4) is 0 Å². The molecule has 0 atom stereocenters. The van der Waals surface area contributed by atoms with E-state index < -0.39 is 5.60 Å². The Morgan fingerprint density at radius 2 is 1.94 bits per heavy atom. The maximum Gasteiger partial charge on any atom is 0.162 e. The van der Waals surface area contributed by atoms with Crippen LogP contribution in [0.2, 0.25) is 0 Å². The standard InChI is InChI=1S/C12H22N4O/c1-6-9-8(3)14-11(15-10(9)16-13)12(4,5)17-7-2/h6-7,13H2,1-5H3,(H,14,15,16). The van der Waals surface area contributed by atoms with Gasteiger partial charge in [0.2, 0.25) is 0 Å². The summed E-state index contributed by atoms with van der Waals surface area (Å²) >= 11 is 0. The average molecular weight is 238 g/mol. The van der Waals surface area contributed by atoms with E-state index in [2.05, 4.69) is 22.3 Å². The first-order valence-corrected chi connectivity index (χ1v) is 5.94. The van der Waals surface area contributed by atoms with Crippen LogP contribution in [-0.4, -0.2) is 16.6 Å². The van der Waals surface area contributed by atoms with E-state index in [1.165, 1.54) is 0 Å². The monoisotopic (exact) mass is 238 g/mol. The number of nitrogens with two attached hydrogens (primary N) is 1.